The number of hydrogen-bond donors (Lipinski definition) is 0. The Labute approximate surface area is 209 Å². The molecule has 0 bridgehead atoms. The van der Waals surface area contributed by atoms with Crippen molar-refractivity contribution in [1.29, 1.82) is 0 Å². The summed E-state index contributed by atoms with van der Waals surface area (Å²) in [5.74, 6) is 0. The highest BCUT2D eigenvalue weighted by atomic mass is 16.7. The second-order valence-corrected chi connectivity index (χ2v) is 9.92. The van der Waals surface area contributed by atoms with Crippen molar-refractivity contribution in [3.63, 3.8) is 0 Å². The molecule has 2 aromatic heterocycles. The number of benzene rings is 1. The topological polar surface area (TPSA) is 44.2 Å². The quantitative estimate of drug-likeness (QED) is 0.306. The summed E-state index contributed by atoms with van der Waals surface area (Å²) in [6, 6.07) is 8.17. The second kappa shape index (κ2) is 9.41. The van der Waals surface area contributed by atoms with Crippen LogP contribution in [0.25, 0.3) is 34.4 Å². The molecule has 1 saturated heterocycles. The van der Waals surface area contributed by atoms with E-state index in [-0.39, 0.29) is 0 Å². The molecule has 4 nitrogen and oxygen atoms in total. The first-order valence-corrected chi connectivity index (χ1v) is 11.9. The van der Waals surface area contributed by atoms with E-state index in [2.05, 4.69) is 44.1 Å². The van der Waals surface area contributed by atoms with Gasteiger partial charge in [-0.3, -0.25) is 9.97 Å². The summed E-state index contributed by atoms with van der Waals surface area (Å²) in [5, 5.41) is 0. The Kier molecular flexibility index (Phi) is 6.67. The number of rotatable bonds is 6. The van der Waals surface area contributed by atoms with Crippen molar-refractivity contribution in [2.45, 2.75) is 52.7 Å². The highest BCUT2D eigenvalue weighted by molar-refractivity contribution is 6.61. The monoisotopic (exact) mass is 464 g/mol. The van der Waals surface area contributed by atoms with E-state index in [1.165, 1.54) is 5.56 Å². The van der Waals surface area contributed by atoms with Crippen molar-refractivity contribution in [3.05, 3.63) is 90.4 Å². The Morgan fingerprint density at radius 1 is 0.829 bits per heavy atom. The number of hydrogen-bond acceptors (Lipinski definition) is 4. The molecule has 1 aliphatic heterocycles. The van der Waals surface area contributed by atoms with Crippen LogP contribution in [0.4, 0.5) is 0 Å². The van der Waals surface area contributed by atoms with Crippen LogP contribution in [0.3, 0.4) is 0 Å². The first-order chi connectivity index (χ1) is 16.6. The number of allylic oxidation sites excluding steroid dienone is 2. The molecule has 4 rings (SSSR count). The Morgan fingerprint density at radius 2 is 1.43 bits per heavy atom. The summed E-state index contributed by atoms with van der Waals surface area (Å²) in [6.07, 6.45) is 13.4. The van der Waals surface area contributed by atoms with E-state index in [1.807, 2.05) is 76.6 Å². The first kappa shape index (κ1) is 24.8. The van der Waals surface area contributed by atoms with Crippen LogP contribution >= 0.6 is 0 Å². The van der Waals surface area contributed by atoms with Gasteiger partial charge in [-0.05, 0) is 98.7 Å². The maximum atomic E-state index is 6.19. The van der Waals surface area contributed by atoms with Gasteiger partial charge in [0.05, 0.1) is 16.8 Å². The highest BCUT2D eigenvalue weighted by Crippen LogP contribution is 2.41. The molecule has 0 spiro atoms. The molecule has 3 aromatic rings. The van der Waals surface area contributed by atoms with Gasteiger partial charge in [0, 0.05) is 24.2 Å². The van der Waals surface area contributed by atoms with Crippen molar-refractivity contribution >= 4 is 24.9 Å². The van der Waals surface area contributed by atoms with E-state index in [1.54, 1.807) is 6.08 Å². The minimum Gasteiger partial charge on any atom is -0.398 e. The van der Waals surface area contributed by atoms with Gasteiger partial charge < -0.3 is 9.31 Å². The third-order valence-corrected chi connectivity index (χ3v) is 7.24. The number of pyridine rings is 2. The van der Waals surface area contributed by atoms with Gasteiger partial charge in [0.25, 0.3) is 0 Å². The van der Waals surface area contributed by atoms with Gasteiger partial charge in [-0.2, -0.15) is 0 Å². The van der Waals surface area contributed by atoms with E-state index in [0.29, 0.717) is 0 Å². The van der Waals surface area contributed by atoms with Crippen LogP contribution in [0.15, 0.2) is 68.2 Å². The van der Waals surface area contributed by atoms with Crippen LogP contribution in [0.1, 0.15) is 49.9 Å². The lowest BCUT2D eigenvalue weighted by Gasteiger charge is -2.32. The zero-order valence-corrected chi connectivity index (χ0v) is 21.6. The van der Waals surface area contributed by atoms with Crippen LogP contribution in [0.5, 0.6) is 0 Å². The molecule has 1 aliphatic rings. The molecule has 0 unspecified atom stereocenters. The van der Waals surface area contributed by atoms with Crippen molar-refractivity contribution in [1.82, 2.24) is 9.97 Å². The Morgan fingerprint density at radius 3 is 1.97 bits per heavy atom. The van der Waals surface area contributed by atoms with Crippen LogP contribution in [0.2, 0.25) is 0 Å². The fourth-order valence-corrected chi connectivity index (χ4v) is 4.60. The van der Waals surface area contributed by atoms with Gasteiger partial charge in [0.15, 0.2) is 0 Å². The number of aromatic nitrogens is 2. The van der Waals surface area contributed by atoms with Gasteiger partial charge in [0.1, 0.15) is 0 Å². The predicted octanol–water partition coefficient (Wildman–Crippen LogP) is 6.57. The molecule has 5 heteroatoms. The summed E-state index contributed by atoms with van der Waals surface area (Å²) in [6.45, 7) is 20.5. The van der Waals surface area contributed by atoms with E-state index < -0.39 is 18.3 Å². The van der Waals surface area contributed by atoms with Gasteiger partial charge in [0.2, 0.25) is 0 Å². The molecule has 0 N–H and O–H groups in total. The average Bonchev–Trinajstić information content (AvgIpc) is 3.06. The lowest BCUT2D eigenvalue weighted by molar-refractivity contribution is 0.00578. The molecular weight excluding hydrogens is 431 g/mol. The van der Waals surface area contributed by atoms with Gasteiger partial charge in [-0.25, -0.2) is 0 Å². The van der Waals surface area contributed by atoms with Gasteiger partial charge >= 0.3 is 7.12 Å². The lowest BCUT2D eigenvalue weighted by atomic mass is 9.81. The second-order valence-electron chi connectivity index (χ2n) is 9.92. The molecule has 178 valence electrons. The van der Waals surface area contributed by atoms with Gasteiger partial charge in [-0.1, -0.05) is 43.5 Å². The molecule has 0 radical (unpaired) electrons. The smallest absolute Gasteiger partial charge is 0.398 e. The lowest BCUT2D eigenvalue weighted by Crippen LogP contribution is -2.41. The maximum Gasteiger partial charge on any atom is 0.514 e. The molecule has 35 heavy (non-hydrogen) atoms. The fourth-order valence-electron chi connectivity index (χ4n) is 4.60. The normalized spacial score (nSPS) is 16.6. The van der Waals surface area contributed by atoms with Crippen LogP contribution in [-0.4, -0.2) is 28.3 Å². The Hall–Kier alpha value is -3.28. The standard InChI is InChI=1S/C30H33BN2O2/c1-9-11-12-25-21(4)27(22-15-17-32-18-16-22)24(10-2)20(3)28(25)23-13-14-26(33-19-23)31-34-29(5,6)30(7,8)35-31/h9-19H,1-2H2,3-8H3/b12-11-. The maximum absolute atomic E-state index is 6.19. The molecular formula is C30H33BN2O2. The van der Waals surface area contributed by atoms with E-state index in [9.17, 15) is 0 Å². The molecule has 1 fully saturated rings. The zero-order chi connectivity index (χ0) is 25.4. The summed E-state index contributed by atoms with van der Waals surface area (Å²) in [4.78, 5) is 8.96. The summed E-state index contributed by atoms with van der Waals surface area (Å²) in [7, 11) is -0.491. The largest absolute Gasteiger partial charge is 0.514 e. The minimum atomic E-state index is -0.491. The van der Waals surface area contributed by atoms with Crippen molar-refractivity contribution in [2.24, 2.45) is 0 Å². The first-order valence-electron chi connectivity index (χ1n) is 11.9. The summed E-state index contributed by atoms with van der Waals surface area (Å²) >= 11 is 0. The SMILES string of the molecule is C=C/C=C\c1c(C)c(-c2ccncc2)c(C=C)c(C)c1-c1ccc(B2OC(C)(C)C(C)(C)O2)nc1. The molecule has 3 heterocycles. The van der Waals surface area contributed by atoms with Crippen molar-refractivity contribution < 1.29 is 9.31 Å². The van der Waals surface area contributed by atoms with Crippen molar-refractivity contribution in [2.75, 3.05) is 0 Å². The predicted molar refractivity (Wildman–Crippen MR) is 147 cm³/mol. The van der Waals surface area contributed by atoms with E-state index in [0.717, 1.165) is 44.5 Å². The molecule has 0 amide bonds. The minimum absolute atomic E-state index is 0.407. The molecule has 0 saturated carbocycles. The van der Waals surface area contributed by atoms with Crippen LogP contribution in [0, 0.1) is 13.8 Å². The van der Waals surface area contributed by atoms with Crippen molar-refractivity contribution in [3.8, 4) is 22.3 Å². The third-order valence-electron chi connectivity index (χ3n) is 7.24. The fraction of sp³-hybridized carbons (Fsp3) is 0.267. The summed E-state index contributed by atoms with van der Waals surface area (Å²) in [5.41, 5.74) is 8.93. The summed E-state index contributed by atoms with van der Waals surface area (Å²) < 4.78 is 12.4. The van der Waals surface area contributed by atoms with E-state index >= 15 is 0 Å². The Bertz CT molecular complexity index is 1280. The third kappa shape index (κ3) is 4.42. The molecule has 0 aliphatic carbocycles. The van der Waals surface area contributed by atoms with E-state index in [4.69, 9.17) is 14.3 Å². The number of nitrogens with zero attached hydrogens (tertiary/aromatic N) is 2. The van der Waals surface area contributed by atoms with Gasteiger partial charge in [-0.15, -0.1) is 0 Å². The highest BCUT2D eigenvalue weighted by Gasteiger charge is 2.52. The molecule has 0 atom stereocenters. The van der Waals surface area contributed by atoms with Crippen LogP contribution < -0.4 is 5.59 Å². The van der Waals surface area contributed by atoms with Crippen LogP contribution in [-0.2, 0) is 9.31 Å². The Balaban J connectivity index is 1.86. The molecule has 1 aromatic carbocycles. The zero-order valence-electron chi connectivity index (χ0n) is 21.6. The average molecular weight is 464 g/mol.